The van der Waals surface area contributed by atoms with Gasteiger partial charge < -0.3 is 9.84 Å². The van der Waals surface area contributed by atoms with Gasteiger partial charge in [0.25, 0.3) is 0 Å². The number of nitrogens with one attached hydrogen (secondary N) is 1. The second kappa shape index (κ2) is 9.10. The third-order valence-corrected chi connectivity index (χ3v) is 5.78. The van der Waals surface area contributed by atoms with Crippen molar-refractivity contribution in [2.75, 3.05) is 13.2 Å². The number of ether oxygens (including phenoxy) is 1. The number of benzene rings is 2. The summed E-state index contributed by atoms with van der Waals surface area (Å²) in [6.07, 6.45) is 0.525. The molecule has 0 saturated heterocycles. The van der Waals surface area contributed by atoms with E-state index in [1.165, 1.54) is 18.2 Å². The topological polar surface area (TPSA) is 92.7 Å². The van der Waals surface area contributed by atoms with Gasteiger partial charge in [-0.25, -0.2) is 17.9 Å². The summed E-state index contributed by atoms with van der Waals surface area (Å²) in [5, 5.41) is 8.91. The third-order valence-electron chi connectivity index (χ3n) is 3.34. The van der Waals surface area contributed by atoms with E-state index in [2.05, 4.69) is 20.7 Å². The number of carboxylic acid groups (broad SMARTS) is 1. The Morgan fingerprint density at radius 2 is 1.88 bits per heavy atom. The Morgan fingerprint density at radius 1 is 1.16 bits per heavy atom. The number of rotatable bonds is 9. The lowest BCUT2D eigenvalue weighted by molar-refractivity contribution is 0.0696. The van der Waals surface area contributed by atoms with Crippen LogP contribution in [0.4, 0.5) is 0 Å². The zero-order valence-corrected chi connectivity index (χ0v) is 15.7. The number of sulfonamides is 1. The summed E-state index contributed by atoms with van der Waals surface area (Å²) in [6, 6.07) is 13.5. The third kappa shape index (κ3) is 5.93. The fraction of sp³-hybridized carbons (Fsp3) is 0.235. The molecule has 0 aliphatic rings. The molecule has 2 aromatic carbocycles. The largest absolute Gasteiger partial charge is 0.478 e. The molecule has 0 aromatic heterocycles. The van der Waals surface area contributed by atoms with Gasteiger partial charge in [0.05, 0.1) is 17.1 Å². The number of carbonyl (C=O) groups is 1. The van der Waals surface area contributed by atoms with Crippen molar-refractivity contribution in [2.45, 2.75) is 17.9 Å². The molecule has 134 valence electrons. The second-order valence-electron chi connectivity index (χ2n) is 5.24. The zero-order valence-electron chi connectivity index (χ0n) is 13.3. The molecule has 0 atom stereocenters. The number of hydrogen-bond acceptors (Lipinski definition) is 4. The van der Waals surface area contributed by atoms with Crippen LogP contribution in [0, 0.1) is 0 Å². The first-order valence-corrected chi connectivity index (χ1v) is 9.82. The Balaban J connectivity index is 1.80. The Morgan fingerprint density at radius 3 is 2.52 bits per heavy atom. The molecule has 0 amide bonds. The smallest absolute Gasteiger partial charge is 0.335 e. The van der Waals surface area contributed by atoms with Crippen molar-refractivity contribution in [3.63, 3.8) is 0 Å². The van der Waals surface area contributed by atoms with Crippen molar-refractivity contribution in [1.82, 2.24) is 4.72 Å². The lowest BCUT2D eigenvalue weighted by atomic mass is 10.2. The maximum atomic E-state index is 12.3. The number of aromatic carboxylic acids is 1. The number of halogens is 1. The molecule has 0 unspecified atom stereocenters. The Bertz CT molecular complexity index is 824. The van der Waals surface area contributed by atoms with E-state index in [0.717, 1.165) is 5.56 Å². The van der Waals surface area contributed by atoms with E-state index >= 15 is 0 Å². The van der Waals surface area contributed by atoms with Gasteiger partial charge in [-0.3, -0.25) is 0 Å². The average molecular weight is 428 g/mol. The van der Waals surface area contributed by atoms with Crippen molar-refractivity contribution in [2.24, 2.45) is 0 Å². The van der Waals surface area contributed by atoms with Gasteiger partial charge in [-0.1, -0.05) is 30.3 Å². The van der Waals surface area contributed by atoms with E-state index in [9.17, 15) is 13.2 Å². The van der Waals surface area contributed by atoms with Gasteiger partial charge in [-0.05, 0) is 46.1 Å². The second-order valence-corrected chi connectivity index (χ2v) is 7.83. The van der Waals surface area contributed by atoms with Crippen molar-refractivity contribution in [1.29, 1.82) is 0 Å². The Labute approximate surface area is 155 Å². The van der Waals surface area contributed by atoms with Crippen LogP contribution in [-0.4, -0.2) is 32.6 Å². The fourth-order valence-corrected chi connectivity index (χ4v) is 4.22. The minimum Gasteiger partial charge on any atom is -0.478 e. The van der Waals surface area contributed by atoms with Crippen molar-refractivity contribution < 1.29 is 23.1 Å². The van der Waals surface area contributed by atoms with Gasteiger partial charge in [0.1, 0.15) is 0 Å². The summed E-state index contributed by atoms with van der Waals surface area (Å²) in [7, 11) is -3.72. The highest BCUT2D eigenvalue weighted by Crippen LogP contribution is 2.23. The molecule has 0 fully saturated rings. The molecule has 0 aliphatic carbocycles. The van der Waals surface area contributed by atoms with E-state index in [1.807, 2.05) is 30.3 Å². The molecule has 2 N–H and O–H groups in total. The highest BCUT2D eigenvalue weighted by Gasteiger charge is 2.18. The minimum absolute atomic E-state index is 0.00250. The molecule has 0 bridgehead atoms. The van der Waals surface area contributed by atoms with E-state index in [0.29, 0.717) is 19.6 Å². The predicted octanol–water partition coefficient (Wildman–Crippen LogP) is 3.03. The van der Waals surface area contributed by atoms with Crippen LogP contribution < -0.4 is 4.72 Å². The maximum Gasteiger partial charge on any atom is 0.335 e. The summed E-state index contributed by atoms with van der Waals surface area (Å²) in [6.45, 7) is 1.14. The zero-order chi connectivity index (χ0) is 18.3. The molecule has 0 radical (unpaired) electrons. The summed E-state index contributed by atoms with van der Waals surface area (Å²) >= 11 is 3.10. The van der Waals surface area contributed by atoms with Crippen LogP contribution in [0.2, 0.25) is 0 Å². The Hall–Kier alpha value is -1.74. The molecule has 0 heterocycles. The van der Waals surface area contributed by atoms with Gasteiger partial charge in [0.2, 0.25) is 10.0 Å². The standard InChI is InChI=1S/C17H18BrNO5S/c18-15-11-14(17(20)21)7-8-16(15)25(22,23)19-9-4-10-24-12-13-5-2-1-3-6-13/h1-3,5-8,11,19H,4,9-10,12H2,(H,20,21). The molecular formula is C17H18BrNO5S. The van der Waals surface area contributed by atoms with Gasteiger partial charge in [-0.15, -0.1) is 0 Å². The van der Waals surface area contributed by atoms with Gasteiger partial charge in [0.15, 0.2) is 0 Å². The molecule has 0 saturated carbocycles. The predicted molar refractivity (Wildman–Crippen MR) is 97.0 cm³/mol. The van der Waals surface area contributed by atoms with Crippen LogP contribution >= 0.6 is 15.9 Å². The molecule has 25 heavy (non-hydrogen) atoms. The monoisotopic (exact) mass is 427 g/mol. The molecular weight excluding hydrogens is 410 g/mol. The molecule has 0 spiro atoms. The summed E-state index contributed by atoms with van der Waals surface area (Å²) in [5.74, 6) is -1.12. The normalized spacial score (nSPS) is 11.4. The SMILES string of the molecule is O=C(O)c1ccc(S(=O)(=O)NCCCOCc2ccccc2)c(Br)c1. The summed E-state index contributed by atoms with van der Waals surface area (Å²) in [5.41, 5.74) is 1.07. The van der Waals surface area contributed by atoms with Crippen LogP contribution in [-0.2, 0) is 21.4 Å². The van der Waals surface area contributed by atoms with Gasteiger partial charge in [0, 0.05) is 17.6 Å². The van der Waals surface area contributed by atoms with Crippen molar-refractivity contribution >= 4 is 31.9 Å². The van der Waals surface area contributed by atoms with Gasteiger partial charge in [-0.2, -0.15) is 0 Å². The molecule has 2 aromatic rings. The highest BCUT2D eigenvalue weighted by atomic mass is 79.9. The summed E-state index contributed by atoms with van der Waals surface area (Å²) in [4.78, 5) is 10.9. The first-order valence-electron chi connectivity index (χ1n) is 7.54. The highest BCUT2D eigenvalue weighted by molar-refractivity contribution is 9.10. The molecule has 8 heteroatoms. The number of carboxylic acids is 1. The first-order chi connectivity index (χ1) is 11.9. The van der Waals surface area contributed by atoms with Crippen LogP contribution in [0.15, 0.2) is 57.9 Å². The Kier molecular flexibility index (Phi) is 7.12. The van der Waals surface area contributed by atoms with Crippen molar-refractivity contribution in [3.05, 3.63) is 64.1 Å². The minimum atomic E-state index is -3.72. The van der Waals surface area contributed by atoms with Gasteiger partial charge >= 0.3 is 5.97 Å². The molecule has 2 rings (SSSR count). The molecule has 6 nitrogen and oxygen atoms in total. The summed E-state index contributed by atoms with van der Waals surface area (Å²) < 4.78 is 32.7. The van der Waals surface area contributed by atoms with E-state index in [-0.39, 0.29) is 21.5 Å². The average Bonchev–Trinajstić information content (AvgIpc) is 2.58. The van der Waals surface area contributed by atoms with E-state index in [4.69, 9.17) is 9.84 Å². The lowest BCUT2D eigenvalue weighted by Gasteiger charge is -2.09. The van der Waals surface area contributed by atoms with Crippen LogP contribution in [0.5, 0.6) is 0 Å². The van der Waals surface area contributed by atoms with E-state index < -0.39 is 16.0 Å². The first kappa shape index (κ1) is 19.6. The quantitative estimate of drug-likeness (QED) is 0.599. The van der Waals surface area contributed by atoms with Crippen LogP contribution in [0.25, 0.3) is 0 Å². The lowest BCUT2D eigenvalue weighted by Crippen LogP contribution is -2.26. The van der Waals surface area contributed by atoms with Crippen LogP contribution in [0.3, 0.4) is 0 Å². The van der Waals surface area contributed by atoms with E-state index in [1.54, 1.807) is 0 Å². The number of hydrogen-bond donors (Lipinski definition) is 2. The van der Waals surface area contributed by atoms with Crippen LogP contribution in [0.1, 0.15) is 22.3 Å². The van der Waals surface area contributed by atoms with Crippen molar-refractivity contribution in [3.8, 4) is 0 Å². The fourth-order valence-electron chi connectivity index (χ4n) is 2.07. The maximum absolute atomic E-state index is 12.3. The molecule has 0 aliphatic heterocycles.